The maximum absolute atomic E-state index is 11.7. The molecule has 0 radical (unpaired) electrons. The summed E-state index contributed by atoms with van der Waals surface area (Å²) in [5.41, 5.74) is 0.335. The molecule has 0 saturated heterocycles. The molecule has 1 aromatic carbocycles. The molecule has 1 heterocycles. The molecule has 0 N–H and O–H groups in total. The Hall–Kier alpha value is -3.34. The second kappa shape index (κ2) is 8.36. The van der Waals surface area contributed by atoms with Crippen LogP contribution in [-0.4, -0.2) is 42.0 Å². The van der Waals surface area contributed by atoms with Crippen LogP contribution >= 0.6 is 0 Å². The van der Waals surface area contributed by atoms with Crippen LogP contribution in [0.2, 0.25) is 0 Å². The molecule has 0 spiro atoms. The minimum Gasteiger partial charge on any atom is -0.503 e. The molecule has 0 aliphatic heterocycles. The van der Waals surface area contributed by atoms with E-state index in [0.29, 0.717) is 17.0 Å². The zero-order chi connectivity index (χ0) is 20.0. The van der Waals surface area contributed by atoms with Gasteiger partial charge in [-0.15, -0.1) is 0 Å². The maximum Gasteiger partial charge on any atom is 0.341 e. The van der Waals surface area contributed by atoms with Gasteiger partial charge in [0.25, 0.3) is 0 Å². The molecule has 0 aliphatic rings. The number of hydrogen-bond donors (Lipinski definition) is 0. The fraction of sp³-hybridized carbons (Fsp3) is 0.368. The monoisotopic (exact) mass is 371 g/mol. The predicted octanol–water partition coefficient (Wildman–Crippen LogP) is 3.18. The van der Waals surface area contributed by atoms with Gasteiger partial charge in [0, 0.05) is 6.20 Å². The number of carbonyl (C=O) groups excluding carboxylic acids is 2. The first-order valence-electron chi connectivity index (χ1n) is 8.27. The highest BCUT2D eigenvalue weighted by Crippen LogP contribution is 2.31. The molecule has 8 nitrogen and oxygen atoms in total. The van der Waals surface area contributed by atoms with Crippen molar-refractivity contribution in [1.82, 2.24) is 9.78 Å². The average Bonchev–Trinajstić information content (AvgIpc) is 3.16. The van der Waals surface area contributed by atoms with Crippen LogP contribution in [0.1, 0.15) is 31.1 Å². The number of rotatable bonds is 7. The number of esters is 2. The number of aromatic nitrogens is 2. The Kier molecular flexibility index (Phi) is 6.19. The van der Waals surface area contributed by atoms with Crippen LogP contribution in [0.4, 0.5) is 5.69 Å². The Bertz CT molecular complexity index is 880. The fourth-order valence-electron chi connectivity index (χ4n) is 2.23. The highest BCUT2D eigenvalue weighted by atomic mass is 16.5. The molecule has 0 atom stereocenters. The summed E-state index contributed by atoms with van der Waals surface area (Å²) in [5.74, 6) is -0.505. The average molecular weight is 371 g/mol. The third kappa shape index (κ3) is 4.64. The third-order valence-corrected chi connectivity index (χ3v) is 3.75. The van der Waals surface area contributed by atoms with E-state index in [1.54, 1.807) is 39.0 Å². The number of ether oxygens (including phenoxy) is 3. The van der Waals surface area contributed by atoms with Gasteiger partial charge in [-0.3, -0.25) is 4.79 Å². The lowest BCUT2D eigenvalue weighted by Crippen LogP contribution is -2.32. The van der Waals surface area contributed by atoms with Crippen LogP contribution in [-0.2, 0) is 14.3 Å². The zero-order valence-electron chi connectivity index (χ0n) is 15.7. The van der Waals surface area contributed by atoms with Crippen molar-refractivity contribution in [3.05, 3.63) is 47.6 Å². The summed E-state index contributed by atoms with van der Waals surface area (Å²) in [6, 6.07) is 4.92. The van der Waals surface area contributed by atoms with Crippen molar-refractivity contribution < 1.29 is 23.8 Å². The van der Waals surface area contributed by atoms with Crippen molar-refractivity contribution in [3.8, 4) is 11.4 Å². The Labute approximate surface area is 157 Å². The van der Waals surface area contributed by atoms with Gasteiger partial charge in [0.2, 0.25) is 5.69 Å². The lowest BCUT2D eigenvalue weighted by molar-refractivity contribution is -0.152. The number of hydrogen-bond acceptors (Lipinski definition) is 6. The van der Waals surface area contributed by atoms with E-state index in [9.17, 15) is 9.59 Å². The highest BCUT2D eigenvalue weighted by molar-refractivity contribution is 5.88. The number of nitrogens with zero attached hydrogens (tertiary/aromatic N) is 3. The molecule has 2 rings (SSSR count). The molecule has 2 aromatic rings. The number of methoxy groups -OCH3 is 1. The molecule has 1 aromatic heterocycles. The van der Waals surface area contributed by atoms with Crippen molar-refractivity contribution in [2.24, 2.45) is 5.41 Å². The molecule has 0 bridgehead atoms. The topological polar surface area (TPSA) is 84.0 Å². The van der Waals surface area contributed by atoms with Crippen LogP contribution < -0.4 is 4.74 Å². The quantitative estimate of drug-likeness (QED) is 0.549. The molecule has 8 heteroatoms. The van der Waals surface area contributed by atoms with Crippen LogP contribution in [0.15, 0.2) is 30.6 Å². The van der Waals surface area contributed by atoms with Gasteiger partial charge < -0.3 is 14.2 Å². The van der Waals surface area contributed by atoms with Gasteiger partial charge in [0.15, 0.2) is 0 Å². The van der Waals surface area contributed by atoms with Crippen LogP contribution in [0.3, 0.4) is 0 Å². The van der Waals surface area contributed by atoms with Crippen LogP contribution in [0.25, 0.3) is 10.5 Å². The minimum absolute atomic E-state index is 0.0658. The summed E-state index contributed by atoms with van der Waals surface area (Å²) in [7, 11) is 1.32. The lowest BCUT2D eigenvalue weighted by atomic mass is 9.95. The standard InChI is InChI=1S/C19H21N3O5/c1-6-26-17(23)13-10-21-22(11-13)14-7-8-16(15(9-14)20-4)27-12-19(2,3)18(24)25-5/h7-11H,6,12H2,1-3,5H3. The first-order valence-corrected chi connectivity index (χ1v) is 8.27. The largest absolute Gasteiger partial charge is 0.503 e. The summed E-state index contributed by atoms with van der Waals surface area (Å²) in [6.45, 7) is 12.8. The Morgan fingerprint density at radius 3 is 2.70 bits per heavy atom. The zero-order valence-corrected chi connectivity index (χ0v) is 15.7. The normalized spacial score (nSPS) is 10.8. The predicted molar refractivity (Wildman–Crippen MR) is 97.1 cm³/mol. The summed E-state index contributed by atoms with van der Waals surface area (Å²) in [5, 5.41) is 4.13. The van der Waals surface area contributed by atoms with Crippen molar-refractivity contribution >= 4 is 17.6 Å². The molecular weight excluding hydrogens is 350 g/mol. The van der Waals surface area contributed by atoms with Crippen LogP contribution in [0, 0.1) is 12.0 Å². The van der Waals surface area contributed by atoms with E-state index in [2.05, 4.69) is 9.94 Å². The van der Waals surface area contributed by atoms with Gasteiger partial charge >= 0.3 is 11.9 Å². The van der Waals surface area contributed by atoms with Gasteiger partial charge in [-0.05, 0) is 39.0 Å². The minimum atomic E-state index is -0.844. The van der Waals surface area contributed by atoms with E-state index in [-0.39, 0.29) is 18.9 Å². The van der Waals surface area contributed by atoms with E-state index in [4.69, 9.17) is 20.8 Å². The van der Waals surface area contributed by atoms with E-state index >= 15 is 0 Å². The first kappa shape index (κ1) is 20.0. The van der Waals surface area contributed by atoms with Crippen molar-refractivity contribution in [1.29, 1.82) is 0 Å². The van der Waals surface area contributed by atoms with Gasteiger partial charge in [0.05, 0.1) is 43.2 Å². The second-order valence-corrected chi connectivity index (χ2v) is 6.32. The van der Waals surface area contributed by atoms with E-state index in [1.165, 1.54) is 24.2 Å². The van der Waals surface area contributed by atoms with Gasteiger partial charge in [-0.25, -0.2) is 14.3 Å². The molecule has 27 heavy (non-hydrogen) atoms. The number of carbonyl (C=O) groups is 2. The SMILES string of the molecule is [C-]#[N+]c1cc(-n2cc(C(=O)OCC)cn2)ccc1OCC(C)(C)C(=O)OC. The molecule has 0 saturated carbocycles. The fourth-order valence-corrected chi connectivity index (χ4v) is 2.23. The second-order valence-electron chi connectivity index (χ2n) is 6.32. The lowest BCUT2D eigenvalue weighted by Gasteiger charge is -2.22. The molecule has 0 aliphatic carbocycles. The van der Waals surface area contributed by atoms with Gasteiger partial charge in [-0.1, -0.05) is 0 Å². The summed E-state index contributed by atoms with van der Waals surface area (Å²) in [4.78, 5) is 27.0. The molecule has 142 valence electrons. The summed E-state index contributed by atoms with van der Waals surface area (Å²) in [6.07, 6.45) is 2.93. The van der Waals surface area contributed by atoms with E-state index in [0.717, 1.165) is 0 Å². The van der Waals surface area contributed by atoms with Crippen LogP contribution in [0.5, 0.6) is 5.75 Å². The smallest absolute Gasteiger partial charge is 0.341 e. The molecule has 0 fully saturated rings. The van der Waals surface area contributed by atoms with Crippen molar-refractivity contribution in [3.63, 3.8) is 0 Å². The summed E-state index contributed by atoms with van der Waals surface area (Å²) < 4.78 is 16.8. The summed E-state index contributed by atoms with van der Waals surface area (Å²) >= 11 is 0. The number of benzene rings is 1. The van der Waals surface area contributed by atoms with E-state index in [1.807, 2.05) is 0 Å². The Balaban J connectivity index is 2.20. The van der Waals surface area contributed by atoms with E-state index < -0.39 is 17.4 Å². The Morgan fingerprint density at radius 1 is 1.33 bits per heavy atom. The molecule has 0 unspecified atom stereocenters. The van der Waals surface area contributed by atoms with Gasteiger partial charge in [0.1, 0.15) is 12.4 Å². The molecular formula is C19H21N3O5. The molecule has 0 amide bonds. The van der Waals surface area contributed by atoms with Crippen molar-refractivity contribution in [2.75, 3.05) is 20.3 Å². The van der Waals surface area contributed by atoms with Crippen molar-refractivity contribution in [2.45, 2.75) is 20.8 Å². The maximum atomic E-state index is 11.7. The highest BCUT2D eigenvalue weighted by Gasteiger charge is 2.30. The third-order valence-electron chi connectivity index (χ3n) is 3.75. The van der Waals surface area contributed by atoms with Gasteiger partial charge in [-0.2, -0.15) is 5.10 Å². The first-order chi connectivity index (χ1) is 12.8. The Morgan fingerprint density at radius 2 is 2.07 bits per heavy atom.